The smallest absolute Gasteiger partial charge is 0.259 e. The zero-order valence-corrected chi connectivity index (χ0v) is 17.3. The van der Waals surface area contributed by atoms with Crippen molar-refractivity contribution in [2.24, 2.45) is 0 Å². The highest BCUT2D eigenvalue weighted by molar-refractivity contribution is 5.84. The molecule has 0 spiro atoms. The van der Waals surface area contributed by atoms with E-state index in [-0.39, 0.29) is 11.6 Å². The number of rotatable bonds is 6. The summed E-state index contributed by atoms with van der Waals surface area (Å²) in [6.45, 7) is 9.72. The number of benzene rings is 2. The Morgan fingerprint density at radius 3 is 2.29 bits per heavy atom. The van der Waals surface area contributed by atoms with E-state index in [1.807, 2.05) is 86.9 Å². The number of aliphatic hydroxyl groups excluding tert-OH is 1. The van der Waals surface area contributed by atoms with Crippen LogP contribution in [0.3, 0.4) is 0 Å². The third kappa shape index (κ3) is 4.28. The number of fused-ring (bicyclic) bond motifs is 1. The van der Waals surface area contributed by atoms with Gasteiger partial charge >= 0.3 is 0 Å². The van der Waals surface area contributed by atoms with Gasteiger partial charge in [-0.1, -0.05) is 30.3 Å². The van der Waals surface area contributed by atoms with Crippen LogP contribution >= 0.6 is 0 Å². The molecule has 1 heterocycles. The highest BCUT2D eigenvalue weighted by Crippen LogP contribution is 2.27. The summed E-state index contributed by atoms with van der Waals surface area (Å²) >= 11 is 0. The summed E-state index contributed by atoms with van der Waals surface area (Å²) in [6, 6.07) is 17.6. The fourth-order valence-corrected chi connectivity index (χ4v) is 3.78. The van der Waals surface area contributed by atoms with E-state index in [2.05, 4.69) is 0 Å². The van der Waals surface area contributed by atoms with Crippen molar-refractivity contribution in [3.8, 4) is 16.9 Å². The second-order valence-electron chi connectivity index (χ2n) is 8.33. The van der Waals surface area contributed by atoms with E-state index in [0.29, 0.717) is 12.0 Å². The first-order valence-electron chi connectivity index (χ1n) is 9.80. The lowest BCUT2D eigenvalue weighted by molar-refractivity contribution is 0.0456. The Labute approximate surface area is 166 Å². The first-order valence-corrected chi connectivity index (χ1v) is 9.80. The van der Waals surface area contributed by atoms with Gasteiger partial charge in [0.05, 0.1) is 11.6 Å². The fourth-order valence-electron chi connectivity index (χ4n) is 3.78. The Hall–Kier alpha value is -2.59. The van der Waals surface area contributed by atoms with Gasteiger partial charge in [-0.05, 0) is 69.8 Å². The van der Waals surface area contributed by atoms with Gasteiger partial charge in [0, 0.05) is 18.0 Å². The first-order chi connectivity index (χ1) is 13.2. The van der Waals surface area contributed by atoms with Crippen LogP contribution in [0, 0.1) is 0 Å². The minimum atomic E-state index is -0.469. The van der Waals surface area contributed by atoms with Crippen LogP contribution in [-0.4, -0.2) is 21.4 Å². The SMILES string of the molecule is CC(O)CC(C)(C)Oc1ccc(-c2cc3ccccc3n(C(C)C)c2=O)cc1. The number of ether oxygens (including phenoxy) is 1. The minimum absolute atomic E-state index is 0.0109. The molecule has 0 bridgehead atoms. The average Bonchev–Trinajstić information content (AvgIpc) is 2.60. The van der Waals surface area contributed by atoms with Gasteiger partial charge in [-0.3, -0.25) is 4.79 Å². The molecule has 2 aromatic carbocycles. The monoisotopic (exact) mass is 379 g/mol. The number of pyridine rings is 1. The lowest BCUT2D eigenvalue weighted by Gasteiger charge is -2.27. The number of aromatic nitrogens is 1. The molecule has 1 unspecified atom stereocenters. The maximum Gasteiger partial charge on any atom is 0.259 e. The van der Waals surface area contributed by atoms with Gasteiger partial charge in [0.25, 0.3) is 5.56 Å². The predicted molar refractivity (Wildman–Crippen MR) is 115 cm³/mol. The lowest BCUT2D eigenvalue weighted by atomic mass is 10.0. The largest absolute Gasteiger partial charge is 0.488 e. The molecule has 0 radical (unpaired) electrons. The Bertz CT molecular complexity index is 1010. The Morgan fingerprint density at radius 2 is 1.68 bits per heavy atom. The van der Waals surface area contributed by atoms with Crippen LogP contribution in [0.1, 0.15) is 47.1 Å². The molecule has 1 N–H and O–H groups in total. The molecule has 28 heavy (non-hydrogen) atoms. The average molecular weight is 380 g/mol. The van der Waals surface area contributed by atoms with Gasteiger partial charge in [-0.2, -0.15) is 0 Å². The van der Waals surface area contributed by atoms with Crippen molar-refractivity contribution in [1.29, 1.82) is 0 Å². The third-order valence-corrected chi connectivity index (χ3v) is 4.81. The Balaban J connectivity index is 2.00. The molecule has 3 rings (SSSR count). The van der Waals surface area contributed by atoms with E-state index in [1.54, 1.807) is 6.92 Å². The summed E-state index contributed by atoms with van der Waals surface area (Å²) < 4.78 is 7.87. The van der Waals surface area contributed by atoms with Crippen molar-refractivity contribution >= 4 is 10.9 Å². The summed E-state index contributed by atoms with van der Waals surface area (Å²) in [5.41, 5.74) is 2.04. The summed E-state index contributed by atoms with van der Waals surface area (Å²) in [4.78, 5) is 13.2. The molecule has 4 heteroatoms. The number of hydrogen-bond donors (Lipinski definition) is 1. The second kappa shape index (κ2) is 7.80. The molecule has 1 atom stereocenters. The van der Waals surface area contributed by atoms with Crippen LogP contribution in [0.4, 0.5) is 0 Å². The van der Waals surface area contributed by atoms with Crippen LogP contribution in [0.15, 0.2) is 59.4 Å². The van der Waals surface area contributed by atoms with Crippen LogP contribution < -0.4 is 10.3 Å². The van der Waals surface area contributed by atoms with Crippen molar-refractivity contribution in [3.05, 3.63) is 65.0 Å². The number of aliphatic hydroxyl groups is 1. The van der Waals surface area contributed by atoms with Crippen LogP contribution in [-0.2, 0) is 0 Å². The number of para-hydroxylation sites is 1. The summed E-state index contributed by atoms with van der Waals surface area (Å²) in [5, 5.41) is 10.7. The maximum atomic E-state index is 13.2. The van der Waals surface area contributed by atoms with Crippen molar-refractivity contribution in [2.45, 2.75) is 58.8 Å². The van der Waals surface area contributed by atoms with E-state index < -0.39 is 11.7 Å². The summed E-state index contributed by atoms with van der Waals surface area (Å²) in [5.74, 6) is 0.722. The molecule has 148 valence electrons. The molecule has 0 fully saturated rings. The Kier molecular flexibility index (Phi) is 5.61. The van der Waals surface area contributed by atoms with Gasteiger partial charge in [0.2, 0.25) is 0 Å². The van der Waals surface area contributed by atoms with Gasteiger partial charge < -0.3 is 14.4 Å². The summed E-state index contributed by atoms with van der Waals surface area (Å²) in [7, 11) is 0. The molecule has 0 saturated heterocycles. The quantitative estimate of drug-likeness (QED) is 0.642. The normalized spacial score (nSPS) is 13.1. The number of hydrogen-bond acceptors (Lipinski definition) is 3. The van der Waals surface area contributed by atoms with Gasteiger partial charge in [0.15, 0.2) is 0 Å². The molecule has 0 amide bonds. The molecule has 1 aromatic heterocycles. The third-order valence-electron chi connectivity index (χ3n) is 4.81. The highest BCUT2D eigenvalue weighted by Gasteiger charge is 2.22. The van der Waals surface area contributed by atoms with Crippen LogP contribution in [0.2, 0.25) is 0 Å². The Morgan fingerprint density at radius 1 is 1.04 bits per heavy atom. The van der Waals surface area contributed by atoms with E-state index >= 15 is 0 Å². The maximum absolute atomic E-state index is 13.2. The van der Waals surface area contributed by atoms with Gasteiger partial charge in [-0.15, -0.1) is 0 Å². The molecular weight excluding hydrogens is 350 g/mol. The van der Waals surface area contributed by atoms with Crippen molar-refractivity contribution in [1.82, 2.24) is 4.57 Å². The van der Waals surface area contributed by atoms with E-state index in [0.717, 1.165) is 22.2 Å². The highest BCUT2D eigenvalue weighted by atomic mass is 16.5. The fraction of sp³-hybridized carbons (Fsp3) is 0.375. The molecular formula is C24H29NO3. The van der Waals surface area contributed by atoms with E-state index in [1.165, 1.54) is 0 Å². The van der Waals surface area contributed by atoms with Gasteiger partial charge in [-0.25, -0.2) is 0 Å². The van der Waals surface area contributed by atoms with Crippen LogP contribution in [0.5, 0.6) is 5.75 Å². The van der Waals surface area contributed by atoms with E-state index in [4.69, 9.17) is 4.74 Å². The lowest BCUT2D eigenvalue weighted by Crippen LogP contribution is -2.32. The molecule has 0 aliphatic carbocycles. The molecule has 0 aliphatic heterocycles. The van der Waals surface area contributed by atoms with Gasteiger partial charge in [0.1, 0.15) is 11.4 Å². The van der Waals surface area contributed by atoms with Crippen molar-refractivity contribution in [3.63, 3.8) is 0 Å². The zero-order chi connectivity index (χ0) is 20.5. The van der Waals surface area contributed by atoms with Crippen molar-refractivity contribution < 1.29 is 9.84 Å². The minimum Gasteiger partial charge on any atom is -0.488 e. The summed E-state index contributed by atoms with van der Waals surface area (Å²) in [6.07, 6.45) is 0.111. The van der Waals surface area contributed by atoms with Crippen LogP contribution in [0.25, 0.3) is 22.0 Å². The standard InChI is InChI=1S/C24H29NO3/c1-16(2)25-22-9-7-6-8-19(22)14-21(23(25)27)18-10-12-20(13-11-18)28-24(4,5)15-17(3)26/h6-14,16-17,26H,15H2,1-5H3. The predicted octanol–water partition coefficient (Wildman–Crippen LogP) is 5.18. The molecule has 0 aliphatic rings. The van der Waals surface area contributed by atoms with Crippen molar-refractivity contribution in [2.75, 3.05) is 0 Å². The molecule has 4 nitrogen and oxygen atoms in total. The molecule has 0 saturated carbocycles. The molecule has 3 aromatic rings. The number of nitrogens with zero attached hydrogens (tertiary/aromatic N) is 1. The zero-order valence-electron chi connectivity index (χ0n) is 17.3. The second-order valence-corrected chi connectivity index (χ2v) is 8.33. The van der Waals surface area contributed by atoms with E-state index in [9.17, 15) is 9.90 Å². The first kappa shape index (κ1) is 20.2. The topological polar surface area (TPSA) is 51.5 Å².